The van der Waals surface area contributed by atoms with Gasteiger partial charge in [0.05, 0.1) is 0 Å². The zero-order valence-electron chi connectivity index (χ0n) is 15.7. The Morgan fingerprint density at radius 2 is 1.11 bits per heavy atom. The smallest absolute Gasteiger partial charge is 0.429 e. The van der Waals surface area contributed by atoms with Gasteiger partial charge >= 0.3 is 6.11 Å². The molecule has 0 spiro atoms. The summed E-state index contributed by atoms with van der Waals surface area (Å²) in [4.78, 5) is 0. The fourth-order valence-corrected chi connectivity index (χ4v) is 2.01. The van der Waals surface area contributed by atoms with Crippen molar-refractivity contribution in [1.82, 2.24) is 0 Å². The van der Waals surface area contributed by atoms with Crippen molar-refractivity contribution in [2.45, 2.75) is 33.8 Å². The standard InChI is InChI=1S/C13H4BrF7O.2C2H6.CH4O/c14-5-1-7(15)11(8(16)2-5)13(20,21)22-6-3-9(17)12(19)10(18)4-6;3*1-2/h1-4H;2*1-2H3;2H,1H3. The Labute approximate surface area is 167 Å². The van der Waals surface area contributed by atoms with Gasteiger partial charge in [0.15, 0.2) is 17.5 Å². The van der Waals surface area contributed by atoms with Crippen LogP contribution >= 0.6 is 15.9 Å². The summed E-state index contributed by atoms with van der Waals surface area (Å²) < 4.78 is 97.0. The Balaban J connectivity index is 0. The van der Waals surface area contributed by atoms with Crippen molar-refractivity contribution in [3.63, 3.8) is 0 Å². The maximum atomic E-state index is 13.8. The molecule has 10 heteroatoms. The first-order chi connectivity index (χ1) is 13.1. The molecule has 2 aromatic rings. The third-order valence-electron chi connectivity index (χ3n) is 2.50. The number of ether oxygens (including phenoxy) is 1. The van der Waals surface area contributed by atoms with E-state index >= 15 is 0 Å². The van der Waals surface area contributed by atoms with Crippen molar-refractivity contribution in [2.75, 3.05) is 7.11 Å². The average molecular weight is 481 g/mol. The van der Waals surface area contributed by atoms with Crippen LogP contribution in [0.1, 0.15) is 33.3 Å². The van der Waals surface area contributed by atoms with Gasteiger partial charge in [0.25, 0.3) is 0 Å². The second-order valence-electron chi connectivity index (χ2n) is 4.06. The minimum absolute atomic E-state index is 0.126. The van der Waals surface area contributed by atoms with Crippen LogP contribution in [0.4, 0.5) is 30.7 Å². The van der Waals surface area contributed by atoms with Crippen molar-refractivity contribution in [1.29, 1.82) is 0 Å². The van der Waals surface area contributed by atoms with Crippen LogP contribution in [0.15, 0.2) is 28.7 Å². The number of aliphatic hydroxyl groups is 1. The molecule has 2 aromatic carbocycles. The molecule has 2 rings (SSSR count). The fraction of sp³-hybridized carbons (Fsp3) is 0.333. The lowest BCUT2D eigenvalue weighted by atomic mass is 10.2. The van der Waals surface area contributed by atoms with E-state index in [1.165, 1.54) is 0 Å². The van der Waals surface area contributed by atoms with Crippen LogP contribution in [0.3, 0.4) is 0 Å². The van der Waals surface area contributed by atoms with Crippen molar-refractivity contribution < 1.29 is 40.6 Å². The highest BCUT2D eigenvalue weighted by molar-refractivity contribution is 9.10. The van der Waals surface area contributed by atoms with Gasteiger partial charge in [-0.2, -0.15) is 8.78 Å². The van der Waals surface area contributed by atoms with E-state index in [1.807, 2.05) is 27.7 Å². The minimum atomic E-state index is -4.58. The molecule has 0 aliphatic carbocycles. The van der Waals surface area contributed by atoms with E-state index in [9.17, 15) is 30.7 Å². The summed E-state index contributed by atoms with van der Waals surface area (Å²) in [6, 6.07) is 1.37. The monoisotopic (exact) mass is 480 g/mol. The highest BCUT2D eigenvalue weighted by atomic mass is 79.9. The number of aliphatic hydroxyl groups excluding tert-OH is 1. The topological polar surface area (TPSA) is 29.5 Å². The van der Waals surface area contributed by atoms with Crippen molar-refractivity contribution in [3.05, 3.63) is 63.4 Å². The highest BCUT2D eigenvalue weighted by Crippen LogP contribution is 2.36. The molecule has 0 radical (unpaired) electrons. The van der Waals surface area contributed by atoms with E-state index in [0.29, 0.717) is 12.1 Å². The first-order valence-electron chi connectivity index (χ1n) is 7.93. The molecule has 0 unspecified atom stereocenters. The molecule has 0 heterocycles. The molecule has 0 bridgehead atoms. The summed E-state index contributed by atoms with van der Waals surface area (Å²) in [6.45, 7) is 8.00. The van der Waals surface area contributed by atoms with Gasteiger partial charge in [-0.15, -0.1) is 0 Å². The molecule has 0 aliphatic rings. The van der Waals surface area contributed by atoms with E-state index in [4.69, 9.17) is 5.11 Å². The molecular formula is C18H20BrF7O2. The number of hydrogen-bond acceptors (Lipinski definition) is 2. The van der Waals surface area contributed by atoms with Crippen LogP contribution in [0.2, 0.25) is 0 Å². The van der Waals surface area contributed by atoms with Crippen molar-refractivity contribution in [2.24, 2.45) is 0 Å². The van der Waals surface area contributed by atoms with Gasteiger partial charge in [-0.1, -0.05) is 43.6 Å². The lowest BCUT2D eigenvalue weighted by Gasteiger charge is -2.19. The van der Waals surface area contributed by atoms with E-state index < -0.39 is 46.5 Å². The normalized spacial score (nSPS) is 9.79. The van der Waals surface area contributed by atoms with Gasteiger partial charge in [-0.25, -0.2) is 22.0 Å². The van der Waals surface area contributed by atoms with E-state index in [0.717, 1.165) is 7.11 Å². The van der Waals surface area contributed by atoms with Gasteiger partial charge in [0.2, 0.25) is 0 Å². The lowest BCUT2D eigenvalue weighted by molar-refractivity contribution is -0.189. The summed E-state index contributed by atoms with van der Waals surface area (Å²) in [6.07, 6.45) is -4.58. The predicted molar refractivity (Wildman–Crippen MR) is 95.7 cm³/mol. The van der Waals surface area contributed by atoms with Crippen LogP contribution in [-0.2, 0) is 6.11 Å². The molecule has 1 N–H and O–H groups in total. The Morgan fingerprint density at radius 1 is 0.750 bits per heavy atom. The van der Waals surface area contributed by atoms with Gasteiger partial charge in [-0.3, -0.25) is 0 Å². The molecule has 0 fully saturated rings. The Kier molecular flexibility index (Phi) is 13.6. The Morgan fingerprint density at radius 3 is 1.46 bits per heavy atom. The van der Waals surface area contributed by atoms with Crippen molar-refractivity contribution in [3.8, 4) is 5.75 Å². The SMILES string of the molecule is CC.CC.CO.Fc1cc(OC(F)(F)c2c(F)cc(Br)cc2F)cc(F)c1F. The van der Waals surface area contributed by atoms with Crippen LogP contribution in [0.25, 0.3) is 0 Å². The maximum absolute atomic E-state index is 13.8. The molecule has 28 heavy (non-hydrogen) atoms. The molecule has 0 atom stereocenters. The van der Waals surface area contributed by atoms with Crippen molar-refractivity contribution >= 4 is 15.9 Å². The number of hydrogen-bond donors (Lipinski definition) is 1. The molecule has 2 nitrogen and oxygen atoms in total. The van der Waals surface area contributed by atoms with E-state index in [2.05, 4.69) is 20.7 Å². The molecule has 160 valence electrons. The fourth-order valence-electron chi connectivity index (χ4n) is 1.61. The minimum Gasteiger partial charge on any atom is -0.429 e. The second kappa shape index (κ2) is 13.4. The maximum Gasteiger partial charge on any atom is 0.432 e. The summed E-state index contributed by atoms with van der Waals surface area (Å²) in [5.41, 5.74) is -1.75. The van der Waals surface area contributed by atoms with Gasteiger partial charge < -0.3 is 9.84 Å². The van der Waals surface area contributed by atoms with E-state index in [-0.39, 0.29) is 16.6 Å². The zero-order valence-corrected chi connectivity index (χ0v) is 17.3. The largest absolute Gasteiger partial charge is 0.432 e. The number of benzene rings is 2. The molecule has 0 amide bonds. The van der Waals surface area contributed by atoms with E-state index in [1.54, 1.807) is 0 Å². The summed E-state index contributed by atoms with van der Waals surface area (Å²) in [5.74, 6) is -9.88. The molecule has 0 aromatic heterocycles. The molecule has 0 saturated carbocycles. The summed E-state index contributed by atoms with van der Waals surface area (Å²) >= 11 is 2.70. The number of rotatable bonds is 3. The van der Waals surface area contributed by atoms with Crippen LogP contribution in [-0.4, -0.2) is 12.2 Å². The Hall–Kier alpha value is -1.81. The molecule has 0 aliphatic heterocycles. The van der Waals surface area contributed by atoms with Gasteiger partial charge in [0.1, 0.15) is 22.9 Å². The van der Waals surface area contributed by atoms with Gasteiger partial charge in [-0.05, 0) is 12.1 Å². The predicted octanol–water partition coefficient (Wildman–Crippen LogP) is 6.93. The average Bonchev–Trinajstić information content (AvgIpc) is 2.63. The number of halogens is 8. The van der Waals surface area contributed by atoms with Gasteiger partial charge in [0, 0.05) is 23.7 Å². The Bertz CT molecular complexity index is 694. The summed E-state index contributed by atoms with van der Waals surface area (Å²) in [5, 5.41) is 7.00. The first kappa shape index (κ1) is 28.4. The zero-order chi connectivity index (χ0) is 22.7. The van der Waals surface area contributed by atoms with Crippen LogP contribution in [0, 0.1) is 29.1 Å². The first-order valence-corrected chi connectivity index (χ1v) is 8.72. The van der Waals surface area contributed by atoms with Crippen LogP contribution < -0.4 is 4.74 Å². The number of alkyl halides is 2. The summed E-state index contributed by atoms with van der Waals surface area (Å²) in [7, 11) is 1.00. The lowest BCUT2D eigenvalue weighted by Crippen LogP contribution is -2.25. The second-order valence-corrected chi connectivity index (χ2v) is 4.98. The molecule has 0 saturated heterocycles. The van der Waals surface area contributed by atoms with Crippen LogP contribution in [0.5, 0.6) is 5.75 Å². The highest BCUT2D eigenvalue weighted by Gasteiger charge is 2.41. The quantitative estimate of drug-likeness (QED) is 0.381. The third-order valence-corrected chi connectivity index (χ3v) is 2.96. The molecular weight excluding hydrogens is 461 g/mol. The third kappa shape index (κ3) is 7.67.